The quantitative estimate of drug-likeness (QED) is 0.601. The lowest BCUT2D eigenvalue weighted by atomic mass is 10.2. The van der Waals surface area contributed by atoms with E-state index < -0.39 is 6.29 Å². The summed E-state index contributed by atoms with van der Waals surface area (Å²) in [5, 5.41) is 9.57. The lowest BCUT2D eigenvalue weighted by molar-refractivity contribution is -0.161. The maximum Gasteiger partial charge on any atom is 0.172 e. The molecule has 0 aromatic carbocycles. The number of aliphatic hydroxyl groups is 1. The van der Waals surface area contributed by atoms with Gasteiger partial charge in [0.25, 0.3) is 0 Å². The normalized spacial score (nSPS) is 26.4. The number of ether oxygens (including phenoxy) is 3. The van der Waals surface area contributed by atoms with Crippen molar-refractivity contribution in [3.8, 4) is 0 Å². The zero-order chi connectivity index (χ0) is 10.4. The molecule has 0 aromatic rings. The largest absolute Gasteiger partial charge is 0.383 e. The maximum atomic E-state index is 9.57. The van der Waals surface area contributed by atoms with Crippen molar-refractivity contribution in [1.29, 1.82) is 0 Å². The van der Waals surface area contributed by atoms with Gasteiger partial charge in [0, 0.05) is 27.3 Å². The van der Waals surface area contributed by atoms with Crippen molar-refractivity contribution in [3.63, 3.8) is 0 Å². The molecule has 14 heavy (non-hydrogen) atoms. The van der Waals surface area contributed by atoms with E-state index in [4.69, 9.17) is 14.2 Å². The zero-order valence-corrected chi connectivity index (χ0v) is 8.81. The number of rotatable bonds is 5. The zero-order valence-electron chi connectivity index (χ0n) is 8.81. The van der Waals surface area contributed by atoms with E-state index in [1.165, 1.54) is 7.11 Å². The molecule has 0 amide bonds. The Morgan fingerprint density at radius 3 is 3.00 bits per heavy atom. The SMILES string of the molecule is COCCN1CCOC[C@H]1C(O)OC. The molecular weight excluding hydrogens is 186 g/mol. The minimum atomic E-state index is -0.785. The monoisotopic (exact) mass is 205 g/mol. The van der Waals surface area contributed by atoms with Gasteiger partial charge in [0.15, 0.2) is 6.29 Å². The Hall–Kier alpha value is -0.200. The minimum Gasteiger partial charge on any atom is -0.383 e. The van der Waals surface area contributed by atoms with Crippen molar-refractivity contribution in [2.75, 3.05) is 47.1 Å². The predicted molar refractivity (Wildman–Crippen MR) is 51.1 cm³/mol. The topological polar surface area (TPSA) is 51.2 Å². The van der Waals surface area contributed by atoms with Crippen LogP contribution in [0.5, 0.6) is 0 Å². The van der Waals surface area contributed by atoms with Crippen LogP contribution in [0.1, 0.15) is 0 Å². The first kappa shape index (κ1) is 11.9. The molecule has 5 heteroatoms. The highest BCUT2D eigenvalue weighted by Crippen LogP contribution is 2.10. The second-order valence-electron chi connectivity index (χ2n) is 3.30. The molecule has 0 saturated carbocycles. The molecule has 0 aromatic heterocycles. The lowest BCUT2D eigenvalue weighted by Gasteiger charge is -2.37. The van der Waals surface area contributed by atoms with Crippen LogP contribution in [-0.4, -0.2) is 69.5 Å². The van der Waals surface area contributed by atoms with Gasteiger partial charge in [-0.3, -0.25) is 4.90 Å². The van der Waals surface area contributed by atoms with Crippen LogP contribution in [0.2, 0.25) is 0 Å². The summed E-state index contributed by atoms with van der Waals surface area (Å²) in [7, 11) is 3.16. The highest BCUT2D eigenvalue weighted by Gasteiger charge is 2.28. The third kappa shape index (κ3) is 3.18. The predicted octanol–water partition coefficient (Wildman–Crippen LogP) is -0.702. The van der Waals surface area contributed by atoms with Crippen molar-refractivity contribution in [3.05, 3.63) is 0 Å². The molecule has 1 N–H and O–H groups in total. The number of morpholine rings is 1. The number of methoxy groups -OCH3 is 2. The average molecular weight is 205 g/mol. The molecule has 1 unspecified atom stereocenters. The molecule has 1 aliphatic heterocycles. The Kier molecular flexibility index (Phi) is 5.36. The summed E-state index contributed by atoms with van der Waals surface area (Å²) in [5.41, 5.74) is 0. The van der Waals surface area contributed by atoms with Crippen LogP contribution in [0.15, 0.2) is 0 Å². The Morgan fingerprint density at radius 2 is 2.36 bits per heavy atom. The van der Waals surface area contributed by atoms with Crippen LogP contribution in [0.25, 0.3) is 0 Å². The molecule has 0 aliphatic carbocycles. The van der Waals surface area contributed by atoms with Crippen molar-refractivity contribution >= 4 is 0 Å². The Balaban J connectivity index is 2.41. The molecule has 0 bridgehead atoms. The van der Waals surface area contributed by atoms with Crippen LogP contribution >= 0.6 is 0 Å². The fourth-order valence-electron chi connectivity index (χ4n) is 1.56. The first-order chi connectivity index (χ1) is 6.79. The van der Waals surface area contributed by atoms with E-state index in [0.29, 0.717) is 19.8 Å². The van der Waals surface area contributed by atoms with Crippen LogP contribution in [0, 0.1) is 0 Å². The van der Waals surface area contributed by atoms with Gasteiger partial charge in [0.1, 0.15) is 0 Å². The summed E-state index contributed by atoms with van der Waals surface area (Å²) in [6, 6.07) is -0.0797. The van der Waals surface area contributed by atoms with Gasteiger partial charge in [-0.05, 0) is 0 Å². The van der Waals surface area contributed by atoms with Gasteiger partial charge in [0.05, 0.1) is 25.9 Å². The van der Waals surface area contributed by atoms with Crippen molar-refractivity contribution in [2.24, 2.45) is 0 Å². The number of nitrogens with zero attached hydrogens (tertiary/aromatic N) is 1. The molecule has 5 nitrogen and oxygen atoms in total. The molecule has 1 fully saturated rings. The molecule has 1 heterocycles. The number of hydrogen-bond donors (Lipinski definition) is 1. The second kappa shape index (κ2) is 6.31. The van der Waals surface area contributed by atoms with Gasteiger partial charge in [-0.25, -0.2) is 0 Å². The van der Waals surface area contributed by atoms with Crippen molar-refractivity contribution in [2.45, 2.75) is 12.3 Å². The Morgan fingerprint density at radius 1 is 1.57 bits per heavy atom. The first-order valence-electron chi connectivity index (χ1n) is 4.81. The van der Waals surface area contributed by atoms with E-state index in [9.17, 15) is 5.11 Å². The third-order valence-electron chi connectivity index (χ3n) is 2.43. The van der Waals surface area contributed by atoms with Crippen LogP contribution < -0.4 is 0 Å². The van der Waals surface area contributed by atoms with Gasteiger partial charge >= 0.3 is 0 Å². The van der Waals surface area contributed by atoms with Crippen LogP contribution in [0.3, 0.4) is 0 Å². The molecule has 0 radical (unpaired) electrons. The highest BCUT2D eigenvalue weighted by atomic mass is 16.6. The maximum absolute atomic E-state index is 9.57. The second-order valence-corrected chi connectivity index (χ2v) is 3.30. The standard InChI is InChI=1S/C9H19NO4/c1-12-5-3-10-4-6-14-7-8(10)9(11)13-2/h8-9,11H,3-7H2,1-2H3/t8-,9?/m0/s1. The number of aliphatic hydroxyl groups excluding tert-OH is 1. The molecule has 1 saturated heterocycles. The van der Waals surface area contributed by atoms with Crippen molar-refractivity contribution in [1.82, 2.24) is 4.90 Å². The fourth-order valence-corrected chi connectivity index (χ4v) is 1.56. The highest BCUT2D eigenvalue weighted by molar-refractivity contribution is 4.77. The summed E-state index contributed by atoms with van der Waals surface area (Å²) in [6.45, 7) is 3.49. The summed E-state index contributed by atoms with van der Waals surface area (Å²) >= 11 is 0. The smallest absolute Gasteiger partial charge is 0.172 e. The van der Waals surface area contributed by atoms with E-state index in [1.807, 2.05) is 0 Å². The molecule has 1 rings (SSSR count). The Labute approximate surface area is 84.5 Å². The van der Waals surface area contributed by atoms with Crippen LogP contribution in [0.4, 0.5) is 0 Å². The van der Waals surface area contributed by atoms with Gasteiger partial charge in [-0.15, -0.1) is 0 Å². The van der Waals surface area contributed by atoms with Gasteiger partial charge < -0.3 is 19.3 Å². The van der Waals surface area contributed by atoms with E-state index >= 15 is 0 Å². The number of hydrogen-bond acceptors (Lipinski definition) is 5. The third-order valence-corrected chi connectivity index (χ3v) is 2.43. The van der Waals surface area contributed by atoms with Gasteiger partial charge in [-0.2, -0.15) is 0 Å². The summed E-state index contributed by atoms with van der Waals surface area (Å²) in [6.07, 6.45) is -0.785. The molecule has 1 aliphatic rings. The van der Waals surface area contributed by atoms with Crippen LogP contribution in [-0.2, 0) is 14.2 Å². The molecule has 84 valence electrons. The lowest BCUT2D eigenvalue weighted by Crippen LogP contribution is -2.53. The average Bonchev–Trinajstić information content (AvgIpc) is 2.25. The van der Waals surface area contributed by atoms with E-state index in [1.54, 1.807) is 7.11 Å². The molecular formula is C9H19NO4. The van der Waals surface area contributed by atoms with E-state index in [0.717, 1.165) is 13.1 Å². The summed E-state index contributed by atoms with van der Waals surface area (Å²) in [4.78, 5) is 2.13. The Bertz CT molecular complexity index is 156. The molecule has 2 atom stereocenters. The minimum absolute atomic E-state index is 0.0797. The summed E-state index contributed by atoms with van der Waals surface area (Å²) < 4.78 is 15.2. The first-order valence-corrected chi connectivity index (χ1v) is 4.81. The van der Waals surface area contributed by atoms with Gasteiger partial charge in [0.2, 0.25) is 0 Å². The van der Waals surface area contributed by atoms with Crippen molar-refractivity contribution < 1.29 is 19.3 Å². The fraction of sp³-hybridized carbons (Fsp3) is 1.00. The summed E-state index contributed by atoms with van der Waals surface area (Å²) in [5.74, 6) is 0. The van der Waals surface area contributed by atoms with E-state index in [-0.39, 0.29) is 6.04 Å². The van der Waals surface area contributed by atoms with E-state index in [2.05, 4.69) is 4.90 Å². The molecule has 0 spiro atoms. The van der Waals surface area contributed by atoms with Gasteiger partial charge in [-0.1, -0.05) is 0 Å².